The molecular formula is C13H18F2N2O2S. The molecule has 1 aliphatic rings. The van der Waals surface area contributed by atoms with Crippen molar-refractivity contribution in [2.24, 2.45) is 5.92 Å². The summed E-state index contributed by atoms with van der Waals surface area (Å²) in [5.41, 5.74) is 0.384. The molecular weight excluding hydrogens is 286 g/mol. The molecule has 0 radical (unpaired) electrons. The van der Waals surface area contributed by atoms with Crippen LogP contribution < -0.4 is 10.0 Å². The summed E-state index contributed by atoms with van der Waals surface area (Å²) in [4.78, 5) is -0.621. The Labute approximate surface area is 117 Å². The zero-order chi connectivity index (χ0) is 14.9. The van der Waals surface area contributed by atoms with Crippen LogP contribution in [0, 0.1) is 17.6 Å². The molecule has 7 heteroatoms. The first-order chi connectivity index (χ1) is 9.39. The molecule has 0 heterocycles. The van der Waals surface area contributed by atoms with E-state index in [1.807, 2.05) is 6.92 Å². The van der Waals surface area contributed by atoms with E-state index in [4.69, 9.17) is 0 Å². The van der Waals surface area contributed by atoms with Gasteiger partial charge in [-0.2, -0.15) is 0 Å². The monoisotopic (exact) mass is 304 g/mol. The molecule has 1 aromatic rings. The molecule has 0 spiro atoms. The molecule has 112 valence electrons. The van der Waals surface area contributed by atoms with Gasteiger partial charge in [-0.15, -0.1) is 0 Å². The summed E-state index contributed by atoms with van der Waals surface area (Å²) >= 11 is 0. The number of benzene rings is 1. The van der Waals surface area contributed by atoms with Crippen molar-refractivity contribution in [2.45, 2.75) is 37.2 Å². The van der Waals surface area contributed by atoms with Crippen LogP contribution in [0.3, 0.4) is 0 Å². The van der Waals surface area contributed by atoms with Gasteiger partial charge in [0.05, 0.1) is 0 Å². The minimum absolute atomic E-state index is 0.166. The Morgan fingerprint density at radius 3 is 2.60 bits per heavy atom. The fraction of sp³-hybridized carbons (Fsp3) is 0.538. The van der Waals surface area contributed by atoms with E-state index < -0.39 is 26.6 Å². The zero-order valence-corrected chi connectivity index (χ0v) is 12.2. The molecule has 1 aromatic carbocycles. The summed E-state index contributed by atoms with van der Waals surface area (Å²) in [5, 5.41) is 2.77. The van der Waals surface area contributed by atoms with E-state index in [1.165, 1.54) is 6.07 Å². The molecule has 0 aliphatic heterocycles. The van der Waals surface area contributed by atoms with E-state index in [9.17, 15) is 17.2 Å². The normalized spacial score (nSPS) is 22.0. The van der Waals surface area contributed by atoms with E-state index in [0.717, 1.165) is 18.9 Å². The minimum atomic E-state index is -4.03. The quantitative estimate of drug-likeness (QED) is 0.842. The second-order valence-electron chi connectivity index (χ2n) is 5.05. The summed E-state index contributed by atoms with van der Waals surface area (Å²) in [7, 11) is -2.38. The van der Waals surface area contributed by atoms with Crippen molar-refractivity contribution < 1.29 is 17.2 Å². The Kier molecular flexibility index (Phi) is 4.41. The topological polar surface area (TPSA) is 58.2 Å². The number of rotatable bonds is 6. The van der Waals surface area contributed by atoms with Crippen molar-refractivity contribution in [1.82, 2.24) is 10.0 Å². The standard InChI is InChI=1S/C13H18F2N2O2S/c1-3-9-6-11(9)17-20(18,19)12-5-8(7-16-2)4-10(14)13(12)15/h4-5,9,11,16-17H,3,6-7H2,1-2H3. The number of nitrogens with one attached hydrogen (secondary N) is 2. The zero-order valence-electron chi connectivity index (χ0n) is 11.4. The SMILES string of the molecule is CCC1CC1NS(=O)(=O)c1cc(CNC)cc(F)c1F. The Hall–Kier alpha value is -1.05. The van der Waals surface area contributed by atoms with Crippen molar-refractivity contribution >= 4 is 10.0 Å². The molecule has 2 atom stereocenters. The molecule has 1 fully saturated rings. The van der Waals surface area contributed by atoms with E-state index in [-0.39, 0.29) is 18.5 Å². The van der Waals surface area contributed by atoms with Crippen molar-refractivity contribution in [3.05, 3.63) is 29.3 Å². The number of hydrogen-bond donors (Lipinski definition) is 2. The first kappa shape index (κ1) is 15.3. The van der Waals surface area contributed by atoms with Crippen LogP contribution in [0.5, 0.6) is 0 Å². The van der Waals surface area contributed by atoms with Gasteiger partial charge in [-0.05, 0) is 37.1 Å². The molecule has 4 nitrogen and oxygen atoms in total. The van der Waals surface area contributed by atoms with E-state index >= 15 is 0 Å². The maximum absolute atomic E-state index is 13.8. The largest absolute Gasteiger partial charge is 0.316 e. The molecule has 0 saturated heterocycles. The third-order valence-electron chi connectivity index (χ3n) is 3.48. The van der Waals surface area contributed by atoms with Gasteiger partial charge in [-0.25, -0.2) is 21.9 Å². The first-order valence-electron chi connectivity index (χ1n) is 6.54. The number of halogens is 2. The van der Waals surface area contributed by atoms with Crippen molar-refractivity contribution in [1.29, 1.82) is 0 Å². The molecule has 2 N–H and O–H groups in total. The molecule has 0 amide bonds. The van der Waals surface area contributed by atoms with Gasteiger partial charge in [0.15, 0.2) is 11.6 Å². The van der Waals surface area contributed by atoms with Gasteiger partial charge in [0, 0.05) is 12.6 Å². The smallest absolute Gasteiger partial charge is 0.243 e. The van der Waals surface area contributed by atoms with E-state index in [0.29, 0.717) is 5.56 Å². The molecule has 1 saturated carbocycles. The average molecular weight is 304 g/mol. The van der Waals surface area contributed by atoms with Gasteiger partial charge in [-0.3, -0.25) is 0 Å². The van der Waals surface area contributed by atoms with Gasteiger partial charge >= 0.3 is 0 Å². The highest BCUT2D eigenvalue weighted by Crippen LogP contribution is 2.34. The second-order valence-corrected chi connectivity index (χ2v) is 6.73. The van der Waals surface area contributed by atoms with Crippen LogP contribution in [0.25, 0.3) is 0 Å². The highest BCUT2D eigenvalue weighted by Gasteiger charge is 2.39. The van der Waals surface area contributed by atoms with Gasteiger partial charge in [0.25, 0.3) is 0 Å². The van der Waals surface area contributed by atoms with Crippen molar-refractivity contribution in [2.75, 3.05) is 7.05 Å². The highest BCUT2D eigenvalue weighted by atomic mass is 32.2. The van der Waals surface area contributed by atoms with E-state index in [2.05, 4.69) is 10.0 Å². The lowest BCUT2D eigenvalue weighted by Crippen LogP contribution is -2.28. The van der Waals surface area contributed by atoms with Crippen LogP contribution in [0.1, 0.15) is 25.3 Å². The Morgan fingerprint density at radius 1 is 1.35 bits per heavy atom. The van der Waals surface area contributed by atoms with E-state index in [1.54, 1.807) is 7.05 Å². The van der Waals surface area contributed by atoms with Crippen molar-refractivity contribution in [3.8, 4) is 0 Å². The number of sulfonamides is 1. The summed E-state index contributed by atoms with van der Waals surface area (Å²) < 4.78 is 53.9. The lowest BCUT2D eigenvalue weighted by atomic mass is 10.2. The maximum atomic E-state index is 13.8. The summed E-state index contributed by atoms with van der Waals surface area (Å²) in [6.45, 7) is 2.23. The third kappa shape index (κ3) is 3.16. The second kappa shape index (κ2) is 5.75. The fourth-order valence-electron chi connectivity index (χ4n) is 2.22. The fourth-order valence-corrected chi connectivity index (χ4v) is 3.68. The molecule has 1 aliphatic carbocycles. The molecule has 20 heavy (non-hydrogen) atoms. The van der Waals surface area contributed by atoms with Crippen LogP contribution in [0.4, 0.5) is 8.78 Å². The highest BCUT2D eigenvalue weighted by molar-refractivity contribution is 7.89. The Morgan fingerprint density at radius 2 is 2.05 bits per heavy atom. The predicted octanol–water partition coefficient (Wildman–Crippen LogP) is 1.76. The van der Waals surface area contributed by atoms with Crippen LogP contribution in [0.15, 0.2) is 17.0 Å². The van der Waals surface area contributed by atoms with Crippen LogP contribution in [-0.4, -0.2) is 21.5 Å². The molecule has 0 bridgehead atoms. The lowest BCUT2D eigenvalue weighted by molar-refractivity contribution is 0.480. The van der Waals surface area contributed by atoms with Crippen LogP contribution in [-0.2, 0) is 16.6 Å². The van der Waals surface area contributed by atoms with Crippen molar-refractivity contribution in [3.63, 3.8) is 0 Å². The summed E-state index contributed by atoms with van der Waals surface area (Å²) in [6, 6.07) is 2.00. The predicted molar refractivity (Wildman–Crippen MR) is 71.6 cm³/mol. The van der Waals surface area contributed by atoms with Gasteiger partial charge in [-0.1, -0.05) is 13.3 Å². The molecule has 2 unspecified atom stereocenters. The first-order valence-corrected chi connectivity index (χ1v) is 8.02. The van der Waals surface area contributed by atoms with Gasteiger partial charge < -0.3 is 5.32 Å². The number of hydrogen-bond acceptors (Lipinski definition) is 3. The minimum Gasteiger partial charge on any atom is -0.316 e. The Balaban J connectivity index is 2.30. The van der Waals surface area contributed by atoms with Gasteiger partial charge in [0.1, 0.15) is 4.90 Å². The lowest BCUT2D eigenvalue weighted by Gasteiger charge is -2.10. The average Bonchev–Trinajstić information content (AvgIpc) is 3.11. The summed E-state index contributed by atoms with van der Waals surface area (Å²) in [5.74, 6) is -2.19. The molecule has 0 aromatic heterocycles. The van der Waals surface area contributed by atoms with Crippen LogP contribution in [0.2, 0.25) is 0 Å². The van der Waals surface area contributed by atoms with Gasteiger partial charge in [0.2, 0.25) is 10.0 Å². The maximum Gasteiger partial charge on any atom is 0.243 e. The van der Waals surface area contributed by atoms with Crippen LogP contribution >= 0.6 is 0 Å². The summed E-state index contributed by atoms with van der Waals surface area (Å²) in [6.07, 6.45) is 1.61. The Bertz CT molecular complexity index is 605. The third-order valence-corrected chi connectivity index (χ3v) is 4.97. The molecule has 2 rings (SSSR count).